The number of hydrogen-bond donors (Lipinski definition) is 1. The predicted octanol–water partition coefficient (Wildman–Crippen LogP) is 5.50. The van der Waals surface area contributed by atoms with E-state index >= 15 is 0 Å². The SMILES string of the molecule is O=C(O)C1CCCN1C(c1ccc(C(F)(F)F)cc1)c1ccc2ccccc2c1. The van der Waals surface area contributed by atoms with Gasteiger partial charge in [0.1, 0.15) is 6.04 Å². The topological polar surface area (TPSA) is 40.5 Å². The first-order chi connectivity index (χ1) is 13.8. The van der Waals surface area contributed by atoms with Gasteiger partial charge in [0.2, 0.25) is 0 Å². The number of likely N-dealkylation sites (tertiary alicyclic amines) is 1. The molecule has 150 valence electrons. The van der Waals surface area contributed by atoms with Crippen molar-refractivity contribution in [2.24, 2.45) is 0 Å². The number of fused-ring (bicyclic) bond motifs is 1. The fourth-order valence-corrected chi connectivity index (χ4v) is 4.17. The van der Waals surface area contributed by atoms with Crippen molar-refractivity contribution in [1.29, 1.82) is 0 Å². The number of halogens is 3. The van der Waals surface area contributed by atoms with Crippen LogP contribution in [0.1, 0.15) is 35.6 Å². The van der Waals surface area contributed by atoms with Gasteiger partial charge in [0.15, 0.2) is 0 Å². The van der Waals surface area contributed by atoms with Crippen molar-refractivity contribution in [3.05, 3.63) is 83.4 Å². The van der Waals surface area contributed by atoms with Crippen LogP contribution in [0.5, 0.6) is 0 Å². The highest BCUT2D eigenvalue weighted by atomic mass is 19.4. The molecular weight excluding hydrogens is 379 g/mol. The summed E-state index contributed by atoms with van der Waals surface area (Å²) in [7, 11) is 0. The number of hydrogen-bond acceptors (Lipinski definition) is 2. The summed E-state index contributed by atoms with van der Waals surface area (Å²) in [6, 6.07) is 17.7. The van der Waals surface area contributed by atoms with E-state index in [9.17, 15) is 23.1 Å². The minimum Gasteiger partial charge on any atom is -0.480 e. The molecule has 0 saturated carbocycles. The van der Waals surface area contributed by atoms with E-state index in [2.05, 4.69) is 0 Å². The lowest BCUT2D eigenvalue weighted by Gasteiger charge is -2.32. The number of aliphatic carboxylic acids is 1. The Kier molecular flexibility index (Phi) is 5.04. The minimum absolute atomic E-state index is 0.425. The summed E-state index contributed by atoms with van der Waals surface area (Å²) in [5, 5.41) is 11.7. The normalized spacial score (nSPS) is 18.8. The second-order valence-electron chi connectivity index (χ2n) is 7.36. The van der Waals surface area contributed by atoms with Gasteiger partial charge < -0.3 is 5.11 Å². The Labute approximate surface area is 166 Å². The first-order valence-electron chi connectivity index (χ1n) is 9.49. The highest BCUT2D eigenvalue weighted by Crippen LogP contribution is 2.37. The van der Waals surface area contributed by atoms with E-state index in [0.717, 1.165) is 34.9 Å². The van der Waals surface area contributed by atoms with Crippen molar-refractivity contribution in [1.82, 2.24) is 4.90 Å². The summed E-state index contributed by atoms with van der Waals surface area (Å²) in [6.07, 6.45) is -3.14. The van der Waals surface area contributed by atoms with E-state index in [4.69, 9.17) is 0 Å². The largest absolute Gasteiger partial charge is 0.480 e. The molecule has 2 unspecified atom stereocenters. The standard InChI is InChI=1S/C23H20F3NO2/c24-23(25,26)19-11-9-16(10-12-19)21(27-13-3-6-20(27)22(28)29)18-8-7-15-4-1-2-5-17(15)14-18/h1-2,4-5,7-12,14,20-21H,3,6,13H2,(H,28,29). The first kappa shape index (κ1) is 19.5. The third-order valence-corrected chi connectivity index (χ3v) is 5.55. The number of carbonyl (C=O) groups is 1. The van der Waals surface area contributed by atoms with Gasteiger partial charge in [0.05, 0.1) is 11.6 Å². The summed E-state index contributed by atoms with van der Waals surface area (Å²) in [5.41, 5.74) is 0.813. The molecule has 0 bridgehead atoms. The third-order valence-electron chi connectivity index (χ3n) is 5.55. The number of benzene rings is 3. The molecular formula is C23H20F3NO2. The summed E-state index contributed by atoms with van der Waals surface area (Å²) in [5.74, 6) is -0.903. The van der Waals surface area contributed by atoms with Crippen LogP contribution in [-0.2, 0) is 11.0 Å². The molecule has 0 aliphatic carbocycles. The van der Waals surface area contributed by atoms with Crippen LogP contribution < -0.4 is 0 Å². The Bertz CT molecular complexity index is 1030. The molecule has 1 saturated heterocycles. The van der Waals surface area contributed by atoms with E-state index in [1.54, 1.807) is 0 Å². The smallest absolute Gasteiger partial charge is 0.416 e. The second-order valence-corrected chi connectivity index (χ2v) is 7.36. The summed E-state index contributed by atoms with van der Waals surface area (Å²) in [4.78, 5) is 13.7. The van der Waals surface area contributed by atoms with Crippen LogP contribution in [0.15, 0.2) is 66.7 Å². The Morgan fingerprint density at radius 1 is 0.966 bits per heavy atom. The lowest BCUT2D eigenvalue weighted by atomic mass is 9.93. The van der Waals surface area contributed by atoms with Crippen molar-refractivity contribution in [3.8, 4) is 0 Å². The number of carboxylic acid groups (broad SMARTS) is 1. The molecule has 2 atom stereocenters. The van der Waals surface area contributed by atoms with Crippen LogP contribution in [0.25, 0.3) is 10.8 Å². The van der Waals surface area contributed by atoms with E-state index in [1.165, 1.54) is 12.1 Å². The summed E-state index contributed by atoms with van der Waals surface area (Å²) in [6.45, 7) is 0.579. The molecule has 0 spiro atoms. The lowest BCUT2D eigenvalue weighted by molar-refractivity contribution is -0.142. The van der Waals surface area contributed by atoms with Crippen LogP contribution in [0, 0.1) is 0 Å². The molecule has 1 aliphatic heterocycles. The lowest BCUT2D eigenvalue weighted by Crippen LogP contribution is -2.39. The number of rotatable bonds is 4. The highest BCUT2D eigenvalue weighted by Gasteiger charge is 2.37. The molecule has 29 heavy (non-hydrogen) atoms. The van der Waals surface area contributed by atoms with Crippen molar-refractivity contribution in [3.63, 3.8) is 0 Å². The average Bonchev–Trinajstić information content (AvgIpc) is 3.17. The van der Waals surface area contributed by atoms with E-state index in [-0.39, 0.29) is 0 Å². The van der Waals surface area contributed by atoms with E-state index in [1.807, 2.05) is 47.4 Å². The number of nitrogens with zero attached hydrogens (tertiary/aromatic N) is 1. The summed E-state index contributed by atoms with van der Waals surface area (Å²) < 4.78 is 39.0. The van der Waals surface area contributed by atoms with Crippen LogP contribution >= 0.6 is 0 Å². The van der Waals surface area contributed by atoms with E-state index in [0.29, 0.717) is 18.5 Å². The summed E-state index contributed by atoms with van der Waals surface area (Å²) >= 11 is 0. The van der Waals surface area contributed by atoms with Crippen molar-refractivity contribution in [2.75, 3.05) is 6.54 Å². The van der Waals surface area contributed by atoms with Gasteiger partial charge in [-0.05, 0) is 52.9 Å². The van der Waals surface area contributed by atoms with Gasteiger partial charge >= 0.3 is 12.1 Å². The van der Waals surface area contributed by atoms with Gasteiger partial charge in [-0.15, -0.1) is 0 Å². The Morgan fingerprint density at radius 2 is 1.62 bits per heavy atom. The molecule has 0 aromatic heterocycles. The zero-order valence-corrected chi connectivity index (χ0v) is 15.6. The molecule has 1 aliphatic rings. The zero-order chi connectivity index (χ0) is 20.6. The molecule has 0 radical (unpaired) electrons. The molecule has 3 nitrogen and oxygen atoms in total. The zero-order valence-electron chi connectivity index (χ0n) is 15.6. The van der Waals surface area contributed by atoms with Crippen molar-refractivity contribution >= 4 is 16.7 Å². The average molecular weight is 399 g/mol. The van der Waals surface area contributed by atoms with Crippen LogP contribution in [0.4, 0.5) is 13.2 Å². The maximum Gasteiger partial charge on any atom is 0.416 e. The number of alkyl halides is 3. The van der Waals surface area contributed by atoms with Gasteiger partial charge in [-0.25, -0.2) is 0 Å². The molecule has 3 aromatic carbocycles. The third kappa shape index (κ3) is 3.85. The molecule has 3 aromatic rings. The molecule has 0 amide bonds. The monoisotopic (exact) mass is 399 g/mol. The van der Waals surface area contributed by atoms with Crippen molar-refractivity contribution < 1.29 is 23.1 Å². The van der Waals surface area contributed by atoms with Crippen LogP contribution in [0.3, 0.4) is 0 Å². The molecule has 1 heterocycles. The van der Waals surface area contributed by atoms with Gasteiger partial charge in [0, 0.05) is 6.54 Å². The molecule has 4 rings (SSSR count). The van der Waals surface area contributed by atoms with Crippen molar-refractivity contribution in [2.45, 2.75) is 31.1 Å². The van der Waals surface area contributed by atoms with Gasteiger partial charge in [0.25, 0.3) is 0 Å². The van der Waals surface area contributed by atoms with Crippen LogP contribution in [-0.4, -0.2) is 28.6 Å². The quantitative estimate of drug-likeness (QED) is 0.630. The van der Waals surface area contributed by atoms with Crippen LogP contribution in [0.2, 0.25) is 0 Å². The Morgan fingerprint density at radius 3 is 2.28 bits per heavy atom. The molecule has 6 heteroatoms. The minimum atomic E-state index is -4.41. The van der Waals surface area contributed by atoms with Gasteiger partial charge in [-0.3, -0.25) is 9.69 Å². The van der Waals surface area contributed by atoms with Gasteiger partial charge in [-0.2, -0.15) is 13.2 Å². The Hall–Kier alpha value is -2.86. The Balaban J connectivity index is 1.81. The molecule has 1 N–H and O–H groups in total. The maximum absolute atomic E-state index is 13.0. The fraction of sp³-hybridized carbons (Fsp3) is 0.261. The number of carboxylic acids is 1. The molecule has 1 fully saturated rings. The van der Waals surface area contributed by atoms with Gasteiger partial charge in [-0.1, -0.05) is 48.5 Å². The maximum atomic E-state index is 13.0. The first-order valence-corrected chi connectivity index (χ1v) is 9.49. The highest BCUT2D eigenvalue weighted by molar-refractivity contribution is 5.83. The fourth-order valence-electron chi connectivity index (χ4n) is 4.17. The second kappa shape index (κ2) is 7.52. The predicted molar refractivity (Wildman–Crippen MR) is 105 cm³/mol. The van der Waals surface area contributed by atoms with E-state index < -0.39 is 29.8 Å².